The predicted octanol–water partition coefficient (Wildman–Crippen LogP) is 3.15. The van der Waals surface area contributed by atoms with Gasteiger partial charge in [-0.1, -0.05) is 58.4 Å². The summed E-state index contributed by atoms with van der Waals surface area (Å²) in [6, 6.07) is 17.1. The van der Waals surface area contributed by atoms with Crippen LogP contribution >= 0.6 is 15.9 Å². The molecule has 2 aromatic rings. The highest BCUT2D eigenvalue weighted by Gasteiger charge is 2.35. The summed E-state index contributed by atoms with van der Waals surface area (Å²) in [4.78, 5) is 26.0. The van der Waals surface area contributed by atoms with Crippen LogP contribution in [0.2, 0.25) is 0 Å². The van der Waals surface area contributed by atoms with Gasteiger partial charge in [-0.15, -0.1) is 0 Å². The Bertz CT molecular complexity index is 718. The van der Waals surface area contributed by atoms with Crippen LogP contribution in [0.15, 0.2) is 59.1 Å². The number of carbonyl (C=O) groups excluding carboxylic acids is 2. The maximum atomic E-state index is 12.6. The zero-order valence-corrected chi connectivity index (χ0v) is 14.1. The van der Waals surface area contributed by atoms with E-state index in [9.17, 15) is 9.59 Å². The van der Waals surface area contributed by atoms with Gasteiger partial charge in [-0.25, -0.2) is 4.79 Å². The van der Waals surface area contributed by atoms with Crippen molar-refractivity contribution in [3.8, 4) is 0 Å². The van der Waals surface area contributed by atoms with Crippen molar-refractivity contribution >= 4 is 27.9 Å². The molecule has 0 aromatic heterocycles. The summed E-state index contributed by atoms with van der Waals surface area (Å²) < 4.78 is 0.925. The van der Waals surface area contributed by atoms with Gasteiger partial charge in [0.05, 0.1) is 12.5 Å². The van der Waals surface area contributed by atoms with Crippen LogP contribution in [-0.2, 0) is 17.6 Å². The van der Waals surface area contributed by atoms with E-state index in [2.05, 4.69) is 21.2 Å². The average Bonchev–Trinajstić information content (AvgIpc) is 2.89. The first-order chi connectivity index (χ1) is 11.1. The van der Waals surface area contributed by atoms with Crippen LogP contribution in [0.4, 0.5) is 4.79 Å². The fraction of sp³-hybridized carbons (Fsp3) is 0.222. The second-order valence-corrected chi connectivity index (χ2v) is 6.52. The van der Waals surface area contributed by atoms with E-state index in [0.29, 0.717) is 13.0 Å². The van der Waals surface area contributed by atoms with Crippen LogP contribution < -0.4 is 5.32 Å². The van der Waals surface area contributed by atoms with E-state index < -0.39 is 0 Å². The van der Waals surface area contributed by atoms with Crippen LogP contribution in [0, 0.1) is 0 Å². The third-order valence-corrected chi connectivity index (χ3v) is 4.39. The Labute approximate surface area is 143 Å². The van der Waals surface area contributed by atoms with Gasteiger partial charge in [-0.2, -0.15) is 0 Å². The molecule has 1 unspecified atom stereocenters. The normalized spacial score (nSPS) is 17.2. The predicted molar refractivity (Wildman–Crippen MR) is 92.0 cm³/mol. The van der Waals surface area contributed by atoms with Crippen LogP contribution in [-0.4, -0.2) is 29.4 Å². The largest absolute Gasteiger partial charge is 0.336 e. The quantitative estimate of drug-likeness (QED) is 0.895. The number of carbonyl (C=O) groups is 2. The first-order valence-corrected chi connectivity index (χ1v) is 8.31. The number of hydrogen-bond acceptors (Lipinski definition) is 2. The Morgan fingerprint density at radius 2 is 1.87 bits per heavy atom. The second kappa shape index (κ2) is 6.96. The molecule has 23 heavy (non-hydrogen) atoms. The minimum Gasteiger partial charge on any atom is -0.336 e. The smallest absolute Gasteiger partial charge is 0.324 e. The van der Waals surface area contributed by atoms with E-state index in [4.69, 9.17) is 0 Å². The molecule has 1 aliphatic rings. The first kappa shape index (κ1) is 15.7. The maximum Gasteiger partial charge on any atom is 0.324 e. The molecule has 1 fully saturated rings. The van der Waals surface area contributed by atoms with Crippen molar-refractivity contribution in [2.24, 2.45) is 0 Å². The molecule has 1 atom stereocenters. The van der Waals surface area contributed by atoms with E-state index in [1.54, 1.807) is 0 Å². The fourth-order valence-electron chi connectivity index (χ4n) is 2.82. The number of amides is 3. The minimum atomic E-state index is -0.300. The summed E-state index contributed by atoms with van der Waals surface area (Å²) in [6.45, 7) is 0.498. The molecule has 4 nitrogen and oxygen atoms in total. The third kappa shape index (κ3) is 3.79. The second-order valence-electron chi connectivity index (χ2n) is 5.60. The summed E-state index contributed by atoms with van der Waals surface area (Å²) in [5.41, 5.74) is 2.01. The van der Waals surface area contributed by atoms with Crippen molar-refractivity contribution in [3.63, 3.8) is 0 Å². The molecule has 1 N–H and O–H groups in total. The van der Waals surface area contributed by atoms with E-state index in [-0.39, 0.29) is 24.4 Å². The Kier molecular flexibility index (Phi) is 4.76. The van der Waals surface area contributed by atoms with Gasteiger partial charge in [0, 0.05) is 11.0 Å². The van der Waals surface area contributed by atoms with Crippen LogP contribution in [0.25, 0.3) is 0 Å². The highest BCUT2D eigenvalue weighted by atomic mass is 79.9. The van der Waals surface area contributed by atoms with E-state index >= 15 is 0 Å². The third-order valence-electron chi connectivity index (χ3n) is 3.90. The van der Waals surface area contributed by atoms with Crippen molar-refractivity contribution < 1.29 is 9.59 Å². The molecule has 0 saturated carbocycles. The number of imide groups is 1. The zero-order chi connectivity index (χ0) is 16.2. The van der Waals surface area contributed by atoms with Crippen molar-refractivity contribution in [1.29, 1.82) is 0 Å². The lowest BCUT2D eigenvalue weighted by Crippen LogP contribution is -2.41. The van der Waals surface area contributed by atoms with Gasteiger partial charge in [0.15, 0.2) is 0 Å². The van der Waals surface area contributed by atoms with Crippen molar-refractivity contribution in [2.45, 2.75) is 18.9 Å². The lowest BCUT2D eigenvalue weighted by atomic mass is 10.0. The van der Waals surface area contributed by atoms with E-state index in [0.717, 1.165) is 15.6 Å². The number of nitrogens with one attached hydrogen (secondary N) is 1. The molecular formula is C18H17BrN2O2. The van der Waals surface area contributed by atoms with Crippen LogP contribution in [0.1, 0.15) is 11.1 Å². The van der Waals surface area contributed by atoms with Crippen molar-refractivity contribution in [3.05, 3.63) is 70.2 Å². The molecule has 0 aliphatic carbocycles. The number of rotatable bonds is 4. The average molecular weight is 373 g/mol. The summed E-state index contributed by atoms with van der Waals surface area (Å²) in [6.07, 6.45) is 0.891. The summed E-state index contributed by atoms with van der Waals surface area (Å²) in [5, 5.41) is 2.77. The molecule has 0 radical (unpaired) electrons. The molecule has 1 aliphatic heterocycles. The van der Waals surface area contributed by atoms with E-state index in [1.165, 1.54) is 4.90 Å². The number of urea groups is 1. The standard InChI is InChI=1S/C18H17BrN2O2/c19-15-8-4-7-14(9-15)11-17(22)21-16(12-20-18(21)23)10-13-5-2-1-3-6-13/h1-9,16H,10-12H2,(H,20,23). The number of halogens is 1. The lowest BCUT2D eigenvalue weighted by molar-refractivity contribution is -0.128. The molecule has 0 bridgehead atoms. The van der Waals surface area contributed by atoms with Crippen LogP contribution in [0.3, 0.4) is 0 Å². The molecule has 5 heteroatoms. The number of benzene rings is 2. The Hall–Kier alpha value is -2.14. The Morgan fingerprint density at radius 1 is 1.13 bits per heavy atom. The van der Waals surface area contributed by atoms with Crippen LogP contribution in [0.5, 0.6) is 0 Å². The molecule has 0 spiro atoms. The molecule has 3 rings (SSSR count). The van der Waals surface area contributed by atoms with Gasteiger partial charge in [0.2, 0.25) is 5.91 Å². The first-order valence-electron chi connectivity index (χ1n) is 7.52. The Morgan fingerprint density at radius 3 is 2.61 bits per heavy atom. The van der Waals surface area contributed by atoms with Crippen molar-refractivity contribution in [1.82, 2.24) is 10.2 Å². The maximum absolute atomic E-state index is 12.6. The van der Waals surface area contributed by atoms with Gasteiger partial charge in [-0.3, -0.25) is 9.69 Å². The zero-order valence-electron chi connectivity index (χ0n) is 12.5. The fourth-order valence-corrected chi connectivity index (χ4v) is 3.27. The monoisotopic (exact) mass is 372 g/mol. The molecule has 1 heterocycles. The SMILES string of the molecule is O=C(Cc1cccc(Br)c1)N1C(=O)NCC1Cc1ccccc1. The molecule has 2 aromatic carbocycles. The highest BCUT2D eigenvalue weighted by Crippen LogP contribution is 2.17. The topological polar surface area (TPSA) is 49.4 Å². The summed E-state index contributed by atoms with van der Waals surface area (Å²) in [5.74, 6) is -0.168. The van der Waals surface area contributed by atoms with Gasteiger partial charge < -0.3 is 5.32 Å². The minimum absolute atomic E-state index is 0.135. The van der Waals surface area contributed by atoms with Gasteiger partial charge in [-0.05, 0) is 29.7 Å². The Balaban J connectivity index is 1.73. The number of hydrogen-bond donors (Lipinski definition) is 1. The van der Waals surface area contributed by atoms with Gasteiger partial charge in [0.25, 0.3) is 0 Å². The highest BCUT2D eigenvalue weighted by molar-refractivity contribution is 9.10. The summed E-state index contributed by atoms with van der Waals surface area (Å²) >= 11 is 3.40. The molecule has 3 amide bonds. The molecular weight excluding hydrogens is 356 g/mol. The molecule has 1 saturated heterocycles. The molecule has 118 valence electrons. The lowest BCUT2D eigenvalue weighted by Gasteiger charge is -2.21. The van der Waals surface area contributed by atoms with E-state index in [1.807, 2.05) is 54.6 Å². The van der Waals surface area contributed by atoms with Crippen molar-refractivity contribution in [2.75, 3.05) is 6.54 Å². The number of nitrogens with zero attached hydrogens (tertiary/aromatic N) is 1. The van der Waals surface area contributed by atoms with Gasteiger partial charge in [0.1, 0.15) is 0 Å². The van der Waals surface area contributed by atoms with Gasteiger partial charge >= 0.3 is 6.03 Å². The summed E-state index contributed by atoms with van der Waals surface area (Å²) in [7, 11) is 0.